The molecule has 1 aromatic carbocycles. The Hall–Kier alpha value is -2.44. The molecule has 1 aliphatic heterocycles. The fraction of sp³-hybridized carbons (Fsp3) is 0.429. The lowest BCUT2D eigenvalue weighted by Gasteiger charge is -2.41. The first-order valence-corrected chi connectivity index (χ1v) is 9.47. The largest absolute Gasteiger partial charge is 0.494 e. The highest BCUT2D eigenvalue weighted by atomic mass is 16.5. The summed E-state index contributed by atoms with van der Waals surface area (Å²) >= 11 is 0. The quantitative estimate of drug-likeness (QED) is 0.810. The van der Waals surface area contributed by atoms with E-state index in [0.717, 1.165) is 24.4 Å². The summed E-state index contributed by atoms with van der Waals surface area (Å²) in [7, 11) is 0. The van der Waals surface area contributed by atoms with Gasteiger partial charge in [0.25, 0.3) is 5.91 Å². The topological polar surface area (TPSA) is 65.9 Å². The van der Waals surface area contributed by atoms with Crippen LogP contribution in [-0.2, 0) is 6.54 Å². The zero-order valence-electron chi connectivity index (χ0n) is 15.8. The number of hydrogen-bond acceptors (Lipinski definition) is 5. The minimum absolute atomic E-state index is 0.000376. The van der Waals surface area contributed by atoms with Crippen LogP contribution < -0.4 is 4.74 Å². The second-order valence-corrected chi connectivity index (χ2v) is 6.67. The molecule has 6 heteroatoms. The molecular weight excluding hydrogens is 342 g/mol. The van der Waals surface area contributed by atoms with Crippen LogP contribution in [0.2, 0.25) is 0 Å². The van der Waals surface area contributed by atoms with Gasteiger partial charge in [0.2, 0.25) is 0 Å². The molecule has 6 nitrogen and oxygen atoms in total. The summed E-state index contributed by atoms with van der Waals surface area (Å²) in [4.78, 5) is 21.0. The number of piperazine rings is 1. The molecule has 1 fully saturated rings. The third kappa shape index (κ3) is 4.84. The third-order valence-corrected chi connectivity index (χ3v) is 4.91. The fourth-order valence-electron chi connectivity index (χ4n) is 3.53. The standard InChI is InChI=1S/C21H27N3O3/c1-2-27-20-8-4-3-6-18(20)15-23-11-12-24(16-19(23)9-13-25)21(26)17-7-5-10-22-14-17/h3-8,10,14,19,25H,2,9,11-13,15-16H2,1H3/t19-/m1/s1. The summed E-state index contributed by atoms with van der Waals surface area (Å²) < 4.78 is 5.74. The van der Waals surface area contributed by atoms with Crippen molar-refractivity contribution in [3.8, 4) is 5.75 Å². The molecule has 0 saturated carbocycles. The third-order valence-electron chi connectivity index (χ3n) is 4.91. The Labute approximate surface area is 160 Å². The van der Waals surface area contributed by atoms with Crippen LogP contribution in [0.15, 0.2) is 48.8 Å². The molecule has 0 radical (unpaired) electrons. The Morgan fingerprint density at radius 1 is 1.26 bits per heavy atom. The molecule has 27 heavy (non-hydrogen) atoms. The van der Waals surface area contributed by atoms with Gasteiger partial charge in [-0.1, -0.05) is 18.2 Å². The Morgan fingerprint density at radius 2 is 2.11 bits per heavy atom. The van der Waals surface area contributed by atoms with Crippen molar-refractivity contribution >= 4 is 5.91 Å². The summed E-state index contributed by atoms with van der Waals surface area (Å²) in [5.74, 6) is 0.900. The van der Waals surface area contributed by atoms with E-state index in [1.54, 1.807) is 24.5 Å². The molecule has 3 rings (SSSR count). The summed E-state index contributed by atoms with van der Waals surface area (Å²) in [6.45, 7) is 5.48. The lowest BCUT2D eigenvalue weighted by Crippen LogP contribution is -2.54. The van der Waals surface area contributed by atoms with Crippen molar-refractivity contribution in [2.45, 2.75) is 25.9 Å². The van der Waals surface area contributed by atoms with E-state index in [4.69, 9.17) is 4.74 Å². The zero-order valence-corrected chi connectivity index (χ0v) is 15.8. The average molecular weight is 369 g/mol. The SMILES string of the molecule is CCOc1ccccc1CN1CCN(C(=O)c2cccnc2)C[C@H]1CCO. The lowest BCUT2D eigenvalue weighted by molar-refractivity contribution is 0.0392. The molecule has 0 spiro atoms. The summed E-state index contributed by atoms with van der Waals surface area (Å²) in [6.07, 6.45) is 3.90. The van der Waals surface area contributed by atoms with Gasteiger partial charge in [0.05, 0.1) is 12.2 Å². The minimum atomic E-state index is 0.000376. The van der Waals surface area contributed by atoms with Gasteiger partial charge in [-0.2, -0.15) is 0 Å². The van der Waals surface area contributed by atoms with Crippen molar-refractivity contribution in [3.63, 3.8) is 0 Å². The number of aliphatic hydroxyl groups excluding tert-OH is 1. The van der Waals surface area contributed by atoms with Crippen LogP contribution in [0, 0.1) is 0 Å². The maximum Gasteiger partial charge on any atom is 0.255 e. The number of ether oxygens (including phenoxy) is 1. The monoisotopic (exact) mass is 369 g/mol. The van der Waals surface area contributed by atoms with Gasteiger partial charge < -0.3 is 14.7 Å². The van der Waals surface area contributed by atoms with Crippen LogP contribution >= 0.6 is 0 Å². The summed E-state index contributed by atoms with van der Waals surface area (Å²) in [5, 5.41) is 9.52. The van der Waals surface area contributed by atoms with Gasteiger partial charge in [-0.3, -0.25) is 14.7 Å². The van der Waals surface area contributed by atoms with E-state index < -0.39 is 0 Å². The van der Waals surface area contributed by atoms with Crippen molar-refractivity contribution < 1.29 is 14.6 Å². The molecule has 0 bridgehead atoms. The maximum atomic E-state index is 12.7. The molecule has 1 amide bonds. The van der Waals surface area contributed by atoms with Crippen molar-refractivity contribution in [2.24, 2.45) is 0 Å². The smallest absolute Gasteiger partial charge is 0.255 e. The highest BCUT2D eigenvalue weighted by Crippen LogP contribution is 2.24. The molecule has 2 aromatic rings. The zero-order chi connectivity index (χ0) is 19.1. The molecule has 144 valence electrons. The van der Waals surface area contributed by atoms with E-state index in [-0.39, 0.29) is 18.6 Å². The van der Waals surface area contributed by atoms with Gasteiger partial charge >= 0.3 is 0 Å². The number of carbonyl (C=O) groups is 1. The number of rotatable bonds is 7. The number of nitrogens with zero attached hydrogens (tertiary/aromatic N) is 3. The normalized spacial score (nSPS) is 17.7. The first-order chi connectivity index (χ1) is 13.2. The Bertz CT molecular complexity index is 738. The molecule has 1 aliphatic rings. The first-order valence-electron chi connectivity index (χ1n) is 9.47. The van der Waals surface area contributed by atoms with Crippen LogP contribution in [0.5, 0.6) is 5.75 Å². The molecule has 1 atom stereocenters. The van der Waals surface area contributed by atoms with Gasteiger partial charge in [-0.15, -0.1) is 0 Å². The van der Waals surface area contributed by atoms with Crippen molar-refractivity contribution in [1.29, 1.82) is 0 Å². The maximum absolute atomic E-state index is 12.7. The Kier molecular flexibility index (Phi) is 6.79. The molecule has 0 unspecified atom stereocenters. The van der Waals surface area contributed by atoms with Crippen LogP contribution in [0.4, 0.5) is 0 Å². The number of pyridine rings is 1. The second kappa shape index (κ2) is 9.48. The predicted octanol–water partition coefficient (Wildman–Crippen LogP) is 2.19. The van der Waals surface area contributed by atoms with E-state index in [1.807, 2.05) is 30.0 Å². The van der Waals surface area contributed by atoms with Crippen LogP contribution in [0.1, 0.15) is 29.3 Å². The van der Waals surface area contributed by atoms with Gasteiger partial charge in [0, 0.05) is 56.8 Å². The van der Waals surface area contributed by atoms with Gasteiger partial charge in [-0.05, 0) is 31.5 Å². The van der Waals surface area contributed by atoms with Crippen molar-refractivity contribution in [1.82, 2.24) is 14.8 Å². The van der Waals surface area contributed by atoms with Gasteiger partial charge in [0.1, 0.15) is 5.75 Å². The summed E-state index contributed by atoms with van der Waals surface area (Å²) in [6, 6.07) is 11.7. The molecular formula is C21H27N3O3. The molecule has 1 N–H and O–H groups in total. The van der Waals surface area contributed by atoms with E-state index in [0.29, 0.717) is 31.7 Å². The molecule has 0 aliphatic carbocycles. The number of amides is 1. The minimum Gasteiger partial charge on any atom is -0.494 e. The molecule has 1 aromatic heterocycles. The predicted molar refractivity (Wildman–Crippen MR) is 104 cm³/mol. The van der Waals surface area contributed by atoms with E-state index in [2.05, 4.69) is 16.0 Å². The number of aromatic nitrogens is 1. The van der Waals surface area contributed by atoms with Crippen molar-refractivity contribution in [2.75, 3.05) is 32.8 Å². The average Bonchev–Trinajstić information content (AvgIpc) is 2.71. The second-order valence-electron chi connectivity index (χ2n) is 6.67. The van der Waals surface area contributed by atoms with Crippen LogP contribution in [-0.4, -0.2) is 64.7 Å². The van der Waals surface area contributed by atoms with Crippen LogP contribution in [0.25, 0.3) is 0 Å². The van der Waals surface area contributed by atoms with Crippen LogP contribution in [0.3, 0.4) is 0 Å². The summed E-state index contributed by atoms with van der Waals surface area (Å²) in [5.41, 5.74) is 1.74. The Morgan fingerprint density at radius 3 is 2.85 bits per heavy atom. The van der Waals surface area contributed by atoms with E-state index in [1.165, 1.54) is 0 Å². The highest BCUT2D eigenvalue weighted by Gasteiger charge is 2.30. The fourth-order valence-corrected chi connectivity index (χ4v) is 3.53. The van der Waals surface area contributed by atoms with E-state index >= 15 is 0 Å². The Balaban J connectivity index is 1.70. The highest BCUT2D eigenvalue weighted by molar-refractivity contribution is 5.94. The van der Waals surface area contributed by atoms with Crippen molar-refractivity contribution in [3.05, 3.63) is 59.9 Å². The molecule has 1 saturated heterocycles. The number of carbonyl (C=O) groups excluding carboxylic acids is 1. The van der Waals surface area contributed by atoms with Gasteiger partial charge in [0.15, 0.2) is 0 Å². The number of hydrogen-bond donors (Lipinski definition) is 1. The number of aliphatic hydroxyl groups is 1. The first kappa shape index (κ1) is 19.3. The number of benzene rings is 1. The molecule has 2 heterocycles. The van der Waals surface area contributed by atoms with Gasteiger partial charge in [-0.25, -0.2) is 0 Å². The lowest BCUT2D eigenvalue weighted by atomic mass is 10.1. The van der Waals surface area contributed by atoms with E-state index in [9.17, 15) is 9.90 Å². The number of para-hydroxylation sites is 1.